The minimum absolute atomic E-state index is 0.648. The molecule has 2 heterocycles. The van der Waals surface area contributed by atoms with Crippen LogP contribution in [0.5, 0.6) is 0 Å². The third-order valence-corrected chi connectivity index (χ3v) is 2.51. The maximum Gasteiger partial charge on any atom is 0.201 e. The van der Waals surface area contributed by atoms with Crippen molar-refractivity contribution in [3.05, 3.63) is 36.4 Å². The zero-order chi connectivity index (χ0) is 11.7. The van der Waals surface area contributed by atoms with Gasteiger partial charge in [-0.3, -0.25) is 0 Å². The van der Waals surface area contributed by atoms with E-state index in [1.165, 1.54) is 0 Å². The van der Waals surface area contributed by atoms with Gasteiger partial charge in [-0.15, -0.1) is 0 Å². The van der Waals surface area contributed by atoms with Gasteiger partial charge in [0, 0.05) is 11.9 Å². The molecule has 17 heavy (non-hydrogen) atoms. The van der Waals surface area contributed by atoms with Crippen LogP contribution >= 0.6 is 0 Å². The SMILES string of the molecule is Nc1ccc2nc(NCc3cnc[nH]3)[nH]c2c1. The van der Waals surface area contributed by atoms with Crippen molar-refractivity contribution in [2.45, 2.75) is 6.54 Å². The number of benzene rings is 1. The smallest absolute Gasteiger partial charge is 0.201 e. The average Bonchev–Trinajstić information content (AvgIpc) is 2.94. The van der Waals surface area contributed by atoms with Crippen LogP contribution in [0.25, 0.3) is 11.0 Å². The molecule has 0 aliphatic heterocycles. The Morgan fingerprint density at radius 1 is 1.35 bits per heavy atom. The lowest BCUT2D eigenvalue weighted by Crippen LogP contribution is -2.00. The van der Waals surface area contributed by atoms with Crippen LogP contribution in [-0.4, -0.2) is 19.9 Å². The molecule has 6 heteroatoms. The summed E-state index contributed by atoms with van der Waals surface area (Å²) < 4.78 is 0. The normalized spacial score (nSPS) is 10.8. The van der Waals surface area contributed by atoms with Gasteiger partial charge in [0.1, 0.15) is 0 Å². The standard InChI is InChI=1S/C11H12N6/c12-7-1-2-9-10(3-7)17-11(16-9)14-5-8-4-13-6-15-8/h1-4,6H,5,12H2,(H,13,15)(H2,14,16,17). The number of aromatic nitrogens is 4. The second kappa shape index (κ2) is 3.82. The first-order valence-electron chi connectivity index (χ1n) is 5.27. The number of nitrogen functional groups attached to an aromatic ring is 1. The number of H-pyrrole nitrogens is 2. The topological polar surface area (TPSA) is 95.4 Å². The lowest BCUT2D eigenvalue weighted by Gasteiger charge is -1.98. The van der Waals surface area contributed by atoms with Crippen LogP contribution in [0.2, 0.25) is 0 Å². The minimum atomic E-state index is 0.648. The van der Waals surface area contributed by atoms with Gasteiger partial charge in [-0.1, -0.05) is 0 Å². The van der Waals surface area contributed by atoms with Crippen molar-refractivity contribution in [2.24, 2.45) is 0 Å². The van der Waals surface area contributed by atoms with Crippen molar-refractivity contribution in [3.8, 4) is 0 Å². The Morgan fingerprint density at radius 3 is 3.12 bits per heavy atom. The van der Waals surface area contributed by atoms with Gasteiger partial charge in [-0.2, -0.15) is 0 Å². The summed E-state index contributed by atoms with van der Waals surface area (Å²) in [7, 11) is 0. The van der Waals surface area contributed by atoms with Crippen molar-refractivity contribution >= 4 is 22.7 Å². The van der Waals surface area contributed by atoms with Gasteiger partial charge in [-0.05, 0) is 18.2 Å². The van der Waals surface area contributed by atoms with Gasteiger partial charge in [0.2, 0.25) is 5.95 Å². The van der Waals surface area contributed by atoms with Crippen molar-refractivity contribution in [1.29, 1.82) is 0 Å². The second-order valence-corrected chi connectivity index (χ2v) is 3.79. The molecular formula is C11H12N6. The molecule has 1 aromatic carbocycles. The van der Waals surface area contributed by atoms with Crippen molar-refractivity contribution in [2.75, 3.05) is 11.1 Å². The first-order valence-corrected chi connectivity index (χ1v) is 5.27. The van der Waals surface area contributed by atoms with Gasteiger partial charge in [0.15, 0.2) is 0 Å². The largest absolute Gasteiger partial charge is 0.399 e. The van der Waals surface area contributed by atoms with Crippen molar-refractivity contribution in [3.63, 3.8) is 0 Å². The Labute approximate surface area is 97.3 Å². The number of fused-ring (bicyclic) bond motifs is 1. The number of nitrogens with zero attached hydrogens (tertiary/aromatic N) is 2. The number of hydrogen-bond acceptors (Lipinski definition) is 4. The number of nitrogens with one attached hydrogen (secondary N) is 3. The fraction of sp³-hybridized carbons (Fsp3) is 0.0909. The van der Waals surface area contributed by atoms with E-state index in [4.69, 9.17) is 5.73 Å². The van der Waals surface area contributed by atoms with E-state index in [-0.39, 0.29) is 0 Å². The average molecular weight is 228 g/mol. The first-order chi connectivity index (χ1) is 8.31. The summed E-state index contributed by atoms with van der Waals surface area (Å²) in [5.41, 5.74) is 9.25. The summed E-state index contributed by atoms with van der Waals surface area (Å²) in [6.45, 7) is 0.648. The highest BCUT2D eigenvalue weighted by Gasteiger charge is 2.02. The third kappa shape index (κ3) is 1.92. The molecule has 0 radical (unpaired) electrons. The molecule has 86 valence electrons. The lowest BCUT2D eigenvalue weighted by molar-refractivity contribution is 1.04. The highest BCUT2D eigenvalue weighted by Crippen LogP contribution is 2.17. The number of nitrogens with two attached hydrogens (primary N) is 1. The molecule has 5 N–H and O–H groups in total. The fourth-order valence-electron chi connectivity index (χ4n) is 1.67. The van der Waals surface area contributed by atoms with Gasteiger partial charge in [-0.25, -0.2) is 9.97 Å². The van der Waals surface area contributed by atoms with Crippen molar-refractivity contribution in [1.82, 2.24) is 19.9 Å². The Hall–Kier alpha value is -2.50. The van der Waals surface area contributed by atoms with Crippen LogP contribution in [0.1, 0.15) is 5.69 Å². The Balaban J connectivity index is 1.81. The quantitative estimate of drug-likeness (QED) is 0.510. The number of imidazole rings is 2. The molecular weight excluding hydrogens is 216 g/mol. The summed E-state index contributed by atoms with van der Waals surface area (Å²) in [5.74, 6) is 0.722. The van der Waals surface area contributed by atoms with E-state index in [1.54, 1.807) is 12.5 Å². The van der Waals surface area contributed by atoms with Crippen LogP contribution in [-0.2, 0) is 6.54 Å². The number of hydrogen-bond donors (Lipinski definition) is 4. The Morgan fingerprint density at radius 2 is 2.29 bits per heavy atom. The molecule has 6 nitrogen and oxygen atoms in total. The zero-order valence-corrected chi connectivity index (χ0v) is 9.07. The van der Waals surface area contributed by atoms with E-state index >= 15 is 0 Å². The number of rotatable bonds is 3. The summed E-state index contributed by atoms with van der Waals surface area (Å²) in [6.07, 6.45) is 3.42. The molecule has 2 aromatic heterocycles. The van der Waals surface area contributed by atoms with Crippen LogP contribution in [0.3, 0.4) is 0 Å². The van der Waals surface area contributed by atoms with Crippen LogP contribution in [0.15, 0.2) is 30.7 Å². The molecule has 3 aromatic rings. The van der Waals surface area contributed by atoms with E-state index in [1.807, 2.05) is 18.2 Å². The van der Waals surface area contributed by atoms with E-state index < -0.39 is 0 Å². The molecule has 0 bridgehead atoms. The summed E-state index contributed by atoms with van der Waals surface area (Å²) >= 11 is 0. The minimum Gasteiger partial charge on any atom is -0.399 e. The molecule has 0 saturated carbocycles. The molecule has 0 amide bonds. The van der Waals surface area contributed by atoms with E-state index in [9.17, 15) is 0 Å². The summed E-state index contributed by atoms with van der Waals surface area (Å²) in [5, 5.41) is 3.18. The molecule has 0 aliphatic carbocycles. The Kier molecular flexibility index (Phi) is 2.18. The fourth-order valence-corrected chi connectivity index (χ4v) is 1.67. The van der Waals surface area contributed by atoms with E-state index in [0.717, 1.165) is 28.4 Å². The summed E-state index contributed by atoms with van der Waals surface area (Å²) in [4.78, 5) is 14.5. The summed E-state index contributed by atoms with van der Waals surface area (Å²) in [6, 6.07) is 5.59. The predicted molar refractivity (Wildman–Crippen MR) is 66.4 cm³/mol. The number of anilines is 2. The van der Waals surface area contributed by atoms with E-state index in [2.05, 4.69) is 25.3 Å². The molecule has 0 unspecified atom stereocenters. The molecule has 0 aliphatic rings. The van der Waals surface area contributed by atoms with Crippen LogP contribution in [0.4, 0.5) is 11.6 Å². The molecule has 0 spiro atoms. The third-order valence-electron chi connectivity index (χ3n) is 2.51. The maximum atomic E-state index is 5.70. The highest BCUT2D eigenvalue weighted by molar-refractivity contribution is 5.80. The first kappa shape index (κ1) is 9.71. The van der Waals surface area contributed by atoms with Gasteiger partial charge in [0.05, 0.1) is 29.6 Å². The monoisotopic (exact) mass is 228 g/mol. The zero-order valence-electron chi connectivity index (χ0n) is 9.07. The molecule has 3 rings (SSSR count). The van der Waals surface area contributed by atoms with E-state index in [0.29, 0.717) is 6.54 Å². The van der Waals surface area contributed by atoms with Gasteiger partial charge < -0.3 is 21.0 Å². The second-order valence-electron chi connectivity index (χ2n) is 3.79. The maximum absolute atomic E-state index is 5.70. The van der Waals surface area contributed by atoms with Gasteiger partial charge >= 0.3 is 0 Å². The van der Waals surface area contributed by atoms with Crippen LogP contribution < -0.4 is 11.1 Å². The predicted octanol–water partition coefficient (Wildman–Crippen LogP) is 1.48. The molecule has 0 saturated heterocycles. The van der Waals surface area contributed by atoms with Crippen molar-refractivity contribution < 1.29 is 0 Å². The molecule has 0 atom stereocenters. The Bertz CT molecular complexity index is 625. The highest BCUT2D eigenvalue weighted by atomic mass is 15.1. The van der Waals surface area contributed by atoms with Gasteiger partial charge in [0.25, 0.3) is 0 Å². The number of aromatic amines is 2. The lowest BCUT2D eigenvalue weighted by atomic mass is 10.3. The molecule has 0 fully saturated rings. The van der Waals surface area contributed by atoms with Crippen LogP contribution in [0, 0.1) is 0 Å².